The second kappa shape index (κ2) is 11.5. The number of carbonyl (C=O) groups excluding carboxylic acids is 1. The number of esters is 1. The lowest BCUT2D eigenvalue weighted by atomic mass is 9.77. The number of benzene rings is 1. The quantitative estimate of drug-likeness (QED) is 0.413. The maximum absolute atomic E-state index is 13.4. The fraction of sp³-hybridized carbons (Fsp3) is 0.577. The van der Waals surface area contributed by atoms with E-state index in [1.807, 2.05) is 36.7 Å². The third-order valence-corrected chi connectivity index (χ3v) is 8.70. The molecule has 11 heteroatoms. The molecule has 202 valence electrons. The van der Waals surface area contributed by atoms with Crippen molar-refractivity contribution in [2.24, 2.45) is 13.0 Å². The standard InChI is InChI=1S/C26H35ClN4O5S/c1-30(2)15-22-28-29-25(31(22)3)37-23-19(32)14-26(36-24(23)33,17-8-6-7-9-17)11-10-16-12-18(27)21(35-5)13-20(16)34-4/h12-13,17,32H,6-11,14-15H2,1-5H3. The van der Waals surface area contributed by atoms with E-state index < -0.39 is 11.6 Å². The highest BCUT2D eigenvalue weighted by atomic mass is 35.5. The number of aliphatic hydroxyl groups excluding tert-OH is 1. The van der Waals surface area contributed by atoms with E-state index in [0.717, 1.165) is 48.8 Å². The van der Waals surface area contributed by atoms with Crippen LogP contribution in [0.1, 0.15) is 49.9 Å². The zero-order valence-electron chi connectivity index (χ0n) is 22.0. The molecule has 0 bridgehead atoms. The third kappa shape index (κ3) is 5.86. The van der Waals surface area contributed by atoms with Crippen LogP contribution in [0, 0.1) is 5.92 Å². The molecule has 1 fully saturated rings. The Bertz CT molecular complexity index is 1180. The average molecular weight is 551 g/mol. The number of hydrogen-bond acceptors (Lipinski definition) is 9. The van der Waals surface area contributed by atoms with E-state index >= 15 is 0 Å². The van der Waals surface area contributed by atoms with Gasteiger partial charge in [0.15, 0.2) is 5.16 Å². The number of methoxy groups -OCH3 is 2. The third-order valence-electron chi connectivity index (χ3n) is 7.26. The van der Waals surface area contributed by atoms with Gasteiger partial charge in [-0.05, 0) is 69.1 Å². The molecule has 1 N–H and O–H groups in total. The van der Waals surface area contributed by atoms with Crippen molar-refractivity contribution in [1.29, 1.82) is 0 Å². The molecule has 2 aliphatic rings. The van der Waals surface area contributed by atoms with E-state index in [2.05, 4.69) is 10.2 Å². The Kier molecular flexibility index (Phi) is 8.60. The van der Waals surface area contributed by atoms with E-state index in [1.54, 1.807) is 20.3 Å². The largest absolute Gasteiger partial charge is 0.511 e. The molecule has 4 rings (SSSR count). The molecule has 1 aliphatic carbocycles. The Hall–Kier alpha value is -2.43. The average Bonchev–Trinajstić information content (AvgIpc) is 3.51. The first-order valence-electron chi connectivity index (χ1n) is 12.4. The molecular formula is C26H35ClN4O5S. The van der Waals surface area contributed by atoms with E-state index in [4.69, 9.17) is 25.8 Å². The van der Waals surface area contributed by atoms with Crippen LogP contribution in [0.3, 0.4) is 0 Å². The van der Waals surface area contributed by atoms with Crippen molar-refractivity contribution in [3.63, 3.8) is 0 Å². The number of aryl methyl sites for hydroxylation is 1. The summed E-state index contributed by atoms with van der Waals surface area (Å²) in [7, 11) is 8.92. The van der Waals surface area contributed by atoms with E-state index in [9.17, 15) is 9.90 Å². The zero-order chi connectivity index (χ0) is 26.7. The highest BCUT2D eigenvalue weighted by molar-refractivity contribution is 8.03. The van der Waals surface area contributed by atoms with Crippen LogP contribution in [-0.2, 0) is 29.5 Å². The molecule has 2 aromatic rings. The molecule has 0 radical (unpaired) electrons. The van der Waals surface area contributed by atoms with Gasteiger partial charge in [-0.15, -0.1) is 10.2 Å². The lowest BCUT2D eigenvalue weighted by Gasteiger charge is -2.41. The molecule has 9 nitrogen and oxygen atoms in total. The van der Waals surface area contributed by atoms with Crippen LogP contribution in [0.2, 0.25) is 5.02 Å². The second-order valence-electron chi connectivity index (χ2n) is 9.98. The summed E-state index contributed by atoms with van der Waals surface area (Å²) in [6.45, 7) is 0.614. The second-order valence-corrected chi connectivity index (χ2v) is 11.4. The Morgan fingerprint density at radius 2 is 1.92 bits per heavy atom. The molecule has 1 saturated carbocycles. The molecule has 1 aliphatic heterocycles. The van der Waals surface area contributed by atoms with E-state index in [0.29, 0.717) is 41.1 Å². The summed E-state index contributed by atoms with van der Waals surface area (Å²) in [5, 5.41) is 20.6. The molecule has 1 aromatic carbocycles. The van der Waals surface area contributed by atoms with Gasteiger partial charge in [-0.25, -0.2) is 4.79 Å². The Morgan fingerprint density at radius 1 is 1.22 bits per heavy atom. The summed E-state index contributed by atoms with van der Waals surface area (Å²) in [5.74, 6) is 1.67. The molecule has 37 heavy (non-hydrogen) atoms. The van der Waals surface area contributed by atoms with Gasteiger partial charge in [0.2, 0.25) is 0 Å². The maximum Gasteiger partial charge on any atom is 0.349 e. The van der Waals surface area contributed by atoms with Gasteiger partial charge in [-0.3, -0.25) is 0 Å². The number of rotatable bonds is 10. The Labute approximate surface area is 227 Å². The first kappa shape index (κ1) is 27.6. The number of aliphatic hydroxyl groups is 1. The first-order valence-corrected chi connectivity index (χ1v) is 13.6. The minimum absolute atomic E-state index is 0.0463. The molecular weight excluding hydrogens is 516 g/mol. The van der Waals surface area contributed by atoms with Crippen molar-refractivity contribution in [1.82, 2.24) is 19.7 Å². The van der Waals surface area contributed by atoms with Gasteiger partial charge in [0.1, 0.15) is 33.6 Å². The fourth-order valence-corrected chi connectivity index (χ4v) is 6.37. The topological polar surface area (TPSA) is 98.9 Å². The smallest absolute Gasteiger partial charge is 0.349 e. The molecule has 1 unspecified atom stereocenters. The van der Waals surface area contributed by atoms with Crippen molar-refractivity contribution >= 4 is 29.3 Å². The minimum atomic E-state index is -0.797. The number of carbonyl (C=O) groups is 1. The molecule has 0 amide bonds. The molecule has 1 aromatic heterocycles. The summed E-state index contributed by atoms with van der Waals surface area (Å²) < 4.78 is 19.0. The number of aromatic nitrogens is 3. The highest BCUT2D eigenvalue weighted by Crippen LogP contribution is 2.48. The van der Waals surface area contributed by atoms with Gasteiger partial charge >= 0.3 is 5.97 Å². The van der Waals surface area contributed by atoms with Crippen molar-refractivity contribution in [3.8, 4) is 11.5 Å². The molecule has 0 saturated heterocycles. The van der Waals surface area contributed by atoms with Gasteiger partial charge in [0, 0.05) is 19.5 Å². The molecule has 1 atom stereocenters. The summed E-state index contributed by atoms with van der Waals surface area (Å²) in [4.78, 5) is 15.5. The van der Waals surface area contributed by atoms with Gasteiger partial charge in [0.25, 0.3) is 0 Å². The number of hydrogen-bond donors (Lipinski definition) is 1. The van der Waals surface area contributed by atoms with Crippen molar-refractivity contribution in [3.05, 3.63) is 39.2 Å². The highest BCUT2D eigenvalue weighted by Gasteiger charge is 2.48. The van der Waals surface area contributed by atoms with Crippen LogP contribution in [0.4, 0.5) is 0 Å². The zero-order valence-corrected chi connectivity index (χ0v) is 23.6. The lowest BCUT2D eigenvalue weighted by molar-refractivity contribution is -0.166. The predicted octanol–water partition coefficient (Wildman–Crippen LogP) is 4.92. The number of halogens is 1. The minimum Gasteiger partial charge on any atom is -0.511 e. The van der Waals surface area contributed by atoms with E-state index in [1.165, 1.54) is 0 Å². The first-order chi connectivity index (χ1) is 17.7. The van der Waals surface area contributed by atoms with Crippen molar-refractivity contribution in [2.75, 3.05) is 28.3 Å². The molecule has 0 spiro atoms. The monoisotopic (exact) mass is 550 g/mol. The lowest BCUT2D eigenvalue weighted by Crippen LogP contribution is -2.45. The Balaban J connectivity index is 1.59. The van der Waals surface area contributed by atoms with Crippen LogP contribution in [-0.4, -0.2) is 64.7 Å². The Morgan fingerprint density at radius 3 is 2.54 bits per heavy atom. The van der Waals surface area contributed by atoms with Gasteiger partial charge in [-0.1, -0.05) is 24.4 Å². The predicted molar refractivity (Wildman–Crippen MR) is 142 cm³/mol. The fourth-order valence-electron chi connectivity index (χ4n) is 5.28. The number of cyclic esters (lactones) is 1. The van der Waals surface area contributed by atoms with E-state index in [-0.39, 0.29) is 23.0 Å². The molecule has 2 heterocycles. The van der Waals surface area contributed by atoms with Crippen LogP contribution in [0.15, 0.2) is 28.0 Å². The number of nitrogens with zero attached hydrogens (tertiary/aromatic N) is 4. The number of ether oxygens (including phenoxy) is 3. The van der Waals surface area contributed by atoms with Crippen LogP contribution in [0.25, 0.3) is 0 Å². The summed E-state index contributed by atoms with van der Waals surface area (Å²) in [6.07, 6.45) is 5.47. The normalized spacial score (nSPS) is 20.6. The summed E-state index contributed by atoms with van der Waals surface area (Å²) in [6, 6.07) is 3.60. The maximum atomic E-state index is 13.4. The van der Waals surface area contributed by atoms with Gasteiger partial charge < -0.3 is 28.8 Å². The van der Waals surface area contributed by atoms with Crippen molar-refractivity contribution in [2.45, 2.75) is 62.2 Å². The SMILES string of the molecule is COc1cc(OC)c(CCC2(C3CCCC3)CC(O)=C(Sc3nnc(CN(C)C)n3C)C(=O)O2)cc1Cl. The van der Waals surface area contributed by atoms with Gasteiger partial charge in [0.05, 0.1) is 25.8 Å². The van der Waals surface area contributed by atoms with Crippen LogP contribution < -0.4 is 9.47 Å². The van der Waals surface area contributed by atoms with Crippen molar-refractivity contribution < 1.29 is 24.1 Å². The van der Waals surface area contributed by atoms with Crippen LogP contribution >= 0.6 is 23.4 Å². The summed E-state index contributed by atoms with van der Waals surface area (Å²) >= 11 is 7.49. The summed E-state index contributed by atoms with van der Waals surface area (Å²) in [5.41, 5.74) is 0.104. The van der Waals surface area contributed by atoms with Crippen LogP contribution in [0.5, 0.6) is 11.5 Å². The number of thioether (sulfide) groups is 1. The van der Waals surface area contributed by atoms with Gasteiger partial charge in [-0.2, -0.15) is 0 Å².